The van der Waals surface area contributed by atoms with Crippen molar-refractivity contribution in [1.29, 1.82) is 0 Å². The summed E-state index contributed by atoms with van der Waals surface area (Å²) in [5.74, 6) is 0.996. The molecule has 0 bridgehead atoms. The molecule has 126 valence electrons. The molecule has 0 saturated heterocycles. The fourth-order valence-electron chi connectivity index (χ4n) is 2.46. The predicted molar refractivity (Wildman–Crippen MR) is 96.7 cm³/mol. The number of hydrazine groups is 1. The second-order valence-electron chi connectivity index (χ2n) is 5.86. The molecule has 0 amide bonds. The maximum absolute atomic E-state index is 3.48. The number of hydrogen-bond donors (Lipinski definition) is 4. The summed E-state index contributed by atoms with van der Waals surface area (Å²) in [7, 11) is 6.02. The van der Waals surface area contributed by atoms with E-state index >= 15 is 0 Å². The highest BCUT2D eigenvalue weighted by Crippen LogP contribution is 2.19. The Bertz CT molecular complexity index is 600. The molecule has 23 heavy (non-hydrogen) atoms. The van der Waals surface area contributed by atoms with E-state index in [2.05, 4.69) is 46.6 Å². The van der Waals surface area contributed by atoms with Gasteiger partial charge in [-0.1, -0.05) is 0 Å². The number of unbranched alkanes of at least 4 members (excludes halogenated alkanes) is 1. The first-order valence-electron chi connectivity index (χ1n) is 8.14. The van der Waals surface area contributed by atoms with E-state index in [1.165, 1.54) is 24.1 Å². The van der Waals surface area contributed by atoms with E-state index in [9.17, 15) is 0 Å². The van der Waals surface area contributed by atoms with Crippen LogP contribution in [-0.2, 0) is 14.1 Å². The van der Waals surface area contributed by atoms with Crippen LogP contribution in [-0.4, -0.2) is 24.7 Å². The Morgan fingerprint density at radius 3 is 2.57 bits per heavy atom. The smallest absolute Gasteiger partial charge is 0.378 e. The molecule has 1 heterocycles. The Morgan fingerprint density at radius 2 is 1.91 bits per heavy atom. The molecule has 1 aromatic heterocycles. The van der Waals surface area contributed by atoms with Crippen LogP contribution in [0.4, 0.5) is 17.3 Å². The lowest BCUT2D eigenvalue weighted by molar-refractivity contribution is -0.656. The molecular formula is C17H29N6+. The van der Waals surface area contributed by atoms with Crippen molar-refractivity contribution in [2.75, 3.05) is 36.3 Å². The number of aromatic nitrogens is 2. The summed E-state index contributed by atoms with van der Waals surface area (Å²) in [6.45, 7) is 4.19. The first kappa shape index (κ1) is 17.1. The number of imidazole rings is 1. The summed E-state index contributed by atoms with van der Waals surface area (Å²) in [5.41, 5.74) is 9.98. The normalized spacial score (nSPS) is 10.6. The number of nitrogens with one attached hydrogen (secondary N) is 4. The van der Waals surface area contributed by atoms with Gasteiger partial charge in [-0.15, -0.1) is 0 Å². The van der Waals surface area contributed by atoms with Crippen molar-refractivity contribution >= 4 is 17.3 Å². The minimum absolute atomic E-state index is 0.996. The lowest BCUT2D eigenvalue weighted by atomic mass is 10.2. The van der Waals surface area contributed by atoms with Crippen molar-refractivity contribution in [1.82, 2.24) is 9.88 Å². The summed E-state index contributed by atoms with van der Waals surface area (Å²) < 4.78 is 4.06. The van der Waals surface area contributed by atoms with E-state index in [0.717, 1.165) is 24.7 Å². The highest BCUT2D eigenvalue weighted by molar-refractivity contribution is 5.60. The second kappa shape index (κ2) is 8.43. The van der Waals surface area contributed by atoms with E-state index in [-0.39, 0.29) is 0 Å². The van der Waals surface area contributed by atoms with Crippen LogP contribution in [0, 0.1) is 6.92 Å². The highest BCUT2D eigenvalue weighted by Gasteiger charge is 2.10. The monoisotopic (exact) mass is 317 g/mol. The van der Waals surface area contributed by atoms with Crippen LogP contribution in [0.15, 0.2) is 30.6 Å². The molecular weight excluding hydrogens is 288 g/mol. The van der Waals surface area contributed by atoms with E-state index in [1.54, 1.807) is 0 Å². The SMILES string of the molecule is CNCCCCNc1ccc(NNc2n(C)cc[n+]2C)c(C)c1. The molecule has 1 aromatic carbocycles. The third-order valence-electron chi connectivity index (χ3n) is 3.90. The molecule has 0 saturated carbocycles. The minimum atomic E-state index is 0.996. The van der Waals surface area contributed by atoms with Crippen LogP contribution in [0.3, 0.4) is 0 Å². The summed E-state index contributed by atoms with van der Waals surface area (Å²) >= 11 is 0. The van der Waals surface area contributed by atoms with Gasteiger partial charge in [-0.3, -0.25) is 5.43 Å². The van der Waals surface area contributed by atoms with Gasteiger partial charge in [-0.2, -0.15) is 5.43 Å². The van der Waals surface area contributed by atoms with Crippen LogP contribution < -0.4 is 26.1 Å². The standard InChI is InChI=1S/C17H28N6/c1-14-13-15(19-10-6-5-9-18-2)7-8-16(14)20-21-17-22(3)11-12-23(17)4/h7-8,11-13,18-20H,5-6,9-10H2,1-4H3/p+1. The molecule has 0 unspecified atom stereocenters. The average molecular weight is 317 g/mol. The molecule has 6 heteroatoms. The number of benzene rings is 1. The van der Waals surface area contributed by atoms with Crippen molar-refractivity contribution in [2.24, 2.45) is 14.1 Å². The zero-order chi connectivity index (χ0) is 16.7. The topological polar surface area (TPSA) is 56.9 Å². The van der Waals surface area contributed by atoms with Crippen LogP contribution >= 0.6 is 0 Å². The first-order valence-corrected chi connectivity index (χ1v) is 8.14. The molecule has 0 aliphatic rings. The van der Waals surface area contributed by atoms with Crippen molar-refractivity contribution in [2.45, 2.75) is 19.8 Å². The van der Waals surface area contributed by atoms with Gasteiger partial charge < -0.3 is 10.6 Å². The molecule has 0 aliphatic carbocycles. The van der Waals surface area contributed by atoms with E-state index in [1.807, 2.05) is 42.7 Å². The Morgan fingerprint density at radius 1 is 1.13 bits per heavy atom. The fraction of sp³-hybridized carbons (Fsp3) is 0.471. The maximum Gasteiger partial charge on any atom is 0.378 e. The van der Waals surface area contributed by atoms with Gasteiger partial charge in [0.25, 0.3) is 0 Å². The van der Waals surface area contributed by atoms with E-state index in [4.69, 9.17) is 0 Å². The van der Waals surface area contributed by atoms with Gasteiger partial charge in [0.05, 0.1) is 32.2 Å². The van der Waals surface area contributed by atoms with Crippen LogP contribution in [0.2, 0.25) is 0 Å². The lowest BCUT2D eigenvalue weighted by Gasteiger charge is -2.11. The third-order valence-corrected chi connectivity index (χ3v) is 3.90. The Hall–Kier alpha value is -2.21. The maximum atomic E-state index is 3.48. The van der Waals surface area contributed by atoms with Gasteiger partial charge in [0.2, 0.25) is 0 Å². The van der Waals surface area contributed by atoms with Crippen LogP contribution in [0.25, 0.3) is 0 Å². The quantitative estimate of drug-likeness (QED) is 0.325. The van der Waals surface area contributed by atoms with Gasteiger partial charge in [0, 0.05) is 12.2 Å². The average Bonchev–Trinajstić information content (AvgIpc) is 2.85. The number of rotatable bonds is 9. The minimum Gasteiger partial charge on any atom is -0.385 e. The molecule has 0 aliphatic heterocycles. The van der Waals surface area contributed by atoms with Crippen LogP contribution in [0.1, 0.15) is 18.4 Å². The largest absolute Gasteiger partial charge is 0.385 e. The third kappa shape index (κ3) is 4.89. The fourth-order valence-corrected chi connectivity index (χ4v) is 2.46. The number of anilines is 3. The lowest BCUT2D eigenvalue weighted by Crippen LogP contribution is -2.32. The van der Waals surface area contributed by atoms with Crippen molar-refractivity contribution < 1.29 is 4.57 Å². The molecule has 0 fully saturated rings. The Labute approximate surface area is 138 Å². The molecule has 0 radical (unpaired) electrons. The Kier molecular flexibility index (Phi) is 6.29. The van der Waals surface area contributed by atoms with Crippen LogP contribution in [0.5, 0.6) is 0 Å². The number of aryl methyl sites for hydroxylation is 3. The van der Waals surface area contributed by atoms with Crippen molar-refractivity contribution in [3.63, 3.8) is 0 Å². The van der Waals surface area contributed by atoms with Gasteiger partial charge >= 0.3 is 5.95 Å². The van der Waals surface area contributed by atoms with Gasteiger partial charge in [-0.05, 0) is 57.1 Å². The Balaban J connectivity index is 1.87. The molecule has 4 N–H and O–H groups in total. The van der Waals surface area contributed by atoms with Crippen molar-refractivity contribution in [3.8, 4) is 0 Å². The van der Waals surface area contributed by atoms with Crippen molar-refractivity contribution in [3.05, 3.63) is 36.2 Å². The van der Waals surface area contributed by atoms with Gasteiger partial charge in [0.1, 0.15) is 0 Å². The molecule has 2 rings (SSSR count). The summed E-state index contributed by atoms with van der Waals surface area (Å²) in [4.78, 5) is 0. The molecule has 2 aromatic rings. The summed E-state index contributed by atoms with van der Waals surface area (Å²) in [5, 5.41) is 6.65. The first-order chi connectivity index (χ1) is 11.1. The molecule has 0 atom stereocenters. The summed E-state index contributed by atoms with van der Waals surface area (Å²) in [6.07, 6.45) is 6.39. The molecule has 0 spiro atoms. The zero-order valence-electron chi connectivity index (χ0n) is 14.6. The molecule has 6 nitrogen and oxygen atoms in total. The second-order valence-corrected chi connectivity index (χ2v) is 5.86. The van der Waals surface area contributed by atoms with E-state index in [0.29, 0.717) is 0 Å². The van der Waals surface area contributed by atoms with Gasteiger partial charge in [-0.25, -0.2) is 9.13 Å². The summed E-state index contributed by atoms with van der Waals surface area (Å²) in [6, 6.07) is 6.38. The number of hydrogen-bond acceptors (Lipinski definition) is 4. The number of nitrogens with zero attached hydrogens (tertiary/aromatic N) is 2. The van der Waals surface area contributed by atoms with Gasteiger partial charge in [0.15, 0.2) is 0 Å². The highest BCUT2D eigenvalue weighted by atomic mass is 15.4. The zero-order valence-corrected chi connectivity index (χ0v) is 14.6. The predicted octanol–water partition coefficient (Wildman–Crippen LogP) is 2.01. The van der Waals surface area contributed by atoms with E-state index < -0.39 is 0 Å².